The number of allylic oxidation sites excluding steroid dienone is 8. The van der Waals surface area contributed by atoms with E-state index < -0.39 is 0 Å². The molecule has 2 heterocycles. The number of hydrogen-bond acceptors (Lipinski definition) is 1. The number of fused-ring (bicyclic) bond motifs is 9. The maximum absolute atomic E-state index is 3.72. The summed E-state index contributed by atoms with van der Waals surface area (Å²) in [7, 11) is 0. The zero-order valence-electron chi connectivity index (χ0n) is 43.4. The molecule has 3 aliphatic carbocycles. The SMILES string of the molecule is C1=Cc2c(n(-c3ccc4c5c(cccc35)C3=CCCC=C34)c3ccc(-c4ccc5c(c4)c4ccccc4n5-c4cc(-c5ccccc5)cc(-c5ccccc5)c4)cc23)CC1.C=C(C)C=C(C)C.CS.c1ccccc1. The Hall–Kier alpha value is -8.37. The summed E-state index contributed by atoms with van der Waals surface area (Å²) in [6.45, 7) is 9.84. The Kier molecular flexibility index (Phi) is 14.1. The fourth-order valence-corrected chi connectivity index (χ4v) is 11.5. The summed E-state index contributed by atoms with van der Waals surface area (Å²) in [5.41, 5.74) is 24.2. The minimum absolute atomic E-state index is 1.03. The molecule has 3 aliphatic rings. The molecule has 366 valence electrons. The highest BCUT2D eigenvalue weighted by atomic mass is 32.1. The highest BCUT2D eigenvalue weighted by molar-refractivity contribution is 7.79. The molecule has 9 aromatic carbocycles. The molecule has 0 saturated carbocycles. The van der Waals surface area contributed by atoms with Crippen molar-refractivity contribution >= 4 is 73.3 Å². The molecule has 2 nitrogen and oxygen atoms in total. The summed E-state index contributed by atoms with van der Waals surface area (Å²) in [6.07, 6.45) is 17.7. The molecule has 3 heteroatoms. The van der Waals surface area contributed by atoms with Crippen LogP contribution in [0.5, 0.6) is 0 Å². The molecule has 0 spiro atoms. The van der Waals surface area contributed by atoms with E-state index in [0.717, 1.165) is 36.9 Å². The maximum Gasteiger partial charge on any atom is 0.0541 e. The number of hydrogen-bond donors (Lipinski definition) is 1. The van der Waals surface area contributed by atoms with Gasteiger partial charge < -0.3 is 9.13 Å². The Labute approximate surface area is 448 Å². The smallest absolute Gasteiger partial charge is 0.0541 e. The van der Waals surface area contributed by atoms with E-state index in [4.69, 9.17) is 0 Å². The second-order valence-electron chi connectivity index (χ2n) is 19.8. The highest BCUT2D eigenvalue weighted by Crippen LogP contribution is 2.50. The predicted molar refractivity (Wildman–Crippen MR) is 330 cm³/mol. The first-order valence-corrected chi connectivity index (χ1v) is 27.2. The Morgan fingerprint density at radius 1 is 0.453 bits per heavy atom. The Morgan fingerprint density at radius 2 is 0.987 bits per heavy atom. The molecule has 0 fully saturated rings. The first kappa shape index (κ1) is 48.9. The van der Waals surface area contributed by atoms with Gasteiger partial charge in [0.05, 0.1) is 22.2 Å². The Bertz CT molecular complexity index is 3930. The number of aromatic nitrogens is 2. The zero-order valence-corrected chi connectivity index (χ0v) is 44.3. The standard InChI is InChI=1S/C58H40N2.C7H12.C6H6.CH4S/c1-3-14-37(15-4-1)41-32-42(38-16-5-2-6-17-38)34-43(33-41)59-53-24-11-9-20-46(53)51-35-39(26-29-56(51)59)40-27-30-57-52(36-40)47-21-10-12-25-54(47)60(57)55-31-28-49-45-19-8-7-18-44(45)48-22-13-23-50(55)58(48)49;1-6(2)5-7(3)4;1-2-4-6-5-3-1;1-2/h1-6,9-11,13-24,26-36H,7-8,12,25H2;5H,1H2,2-4H3;1-6H;2H,1H3. The van der Waals surface area contributed by atoms with Crippen molar-refractivity contribution in [3.05, 3.63) is 271 Å². The molecule has 0 amide bonds. The van der Waals surface area contributed by atoms with Gasteiger partial charge in [-0.2, -0.15) is 12.6 Å². The predicted octanol–water partition coefficient (Wildman–Crippen LogP) is 20.2. The van der Waals surface area contributed by atoms with Gasteiger partial charge in [-0.15, -0.1) is 0 Å². The summed E-state index contributed by atoms with van der Waals surface area (Å²) in [5.74, 6) is 0. The fourth-order valence-electron chi connectivity index (χ4n) is 11.5. The number of nitrogens with zero attached hydrogens (tertiary/aromatic N) is 2. The quantitative estimate of drug-likeness (QED) is 0.126. The van der Waals surface area contributed by atoms with Crippen LogP contribution in [-0.2, 0) is 6.42 Å². The van der Waals surface area contributed by atoms with Gasteiger partial charge in [0.2, 0.25) is 0 Å². The molecule has 0 bridgehead atoms. The lowest BCUT2D eigenvalue weighted by Gasteiger charge is -2.16. The van der Waals surface area contributed by atoms with Gasteiger partial charge in [-0.05, 0) is 168 Å². The molecule has 0 N–H and O–H groups in total. The van der Waals surface area contributed by atoms with E-state index in [1.54, 1.807) is 6.26 Å². The molecule has 14 rings (SSSR count). The van der Waals surface area contributed by atoms with Crippen molar-refractivity contribution in [1.29, 1.82) is 0 Å². The summed E-state index contributed by atoms with van der Waals surface area (Å²) < 4.78 is 5.04. The minimum atomic E-state index is 1.03. The van der Waals surface area contributed by atoms with Crippen LogP contribution in [0.3, 0.4) is 0 Å². The molecule has 0 radical (unpaired) electrons. The molecular weight excluding hydrogens is 925 g/mol. The van der Waals surface area contributed by atoms with Gasteiger partial charge in [-0.3, -0.25) is 0 Å². The molecule has 11 aromatic rings. The third-order valence-electron chi connectivity index (χ3n) is 14.5. The van der Waals surface area contributed by atoms with E-state index >= 15 is 0 Å². The van der Waals surface area contributed by atoms with E-state index in [2.05, 4.69) is 242 Å². The van der Waals surface area contributed by atoms with Crippen LogP contribution in [0.1, 0.15) is 62.4 Å². The topological polar surface area (TPSA) is 9.86 Å². The van der Waals surface area contributed by atoms with Crippen LogP contribution >= 0.6 is 12.6 Å². The molecule has 75 heavy (non-hydrogen) atoms. The van der Waals surface area contributed by atoms with E-state index in [0.29, 0.717) is 0 Å². The van der Waals surface area contributed by atoms with E-state index in [-0.39, 0.29) is 0 Å². The van der Waals surface area contributed by atoms with Gasteiger partial charge in [-0.1, -0.05) is 200 Å². The third kappa shape index (κ3) is 9.46. The summed E-state index contributed by atoms with van der Waals surface area (Å²) in [4.78, 5) is 0. The lowest BCUT2D eigenvalue weighted by Crippen LogP contribution is -2.04. The first-order valence-electron chi connectivity index (χ1n) is 26.3. The molecule has 0 unspecified atom stereocenters. The molecule has 0 saturated heterocycles. The first-order chi connectivity index (χ1) is 36.9. The van der Waals surface area contributed by atoms with Crippen molar-refractivity contribution in [3.63, 3.8) is 0 Å². The van der Waals surface area contributed by atoms with Crippen LogP contribution < -0.4 is 0 Å². The monoisotopic (exact) mass is 986 g/mol. The second-order valence-corrected chi connectivity index (χ2v) is 19.8. The van der Waals surface area contributed by atoms with Crippen molar-refractivity contribution in [2.24, 2.45) is 0 Å². The zero-order chi connectivity index (χ0) is 51.4. The third-order valence-corrected chi connectivity index (χ3v) is 14.5. The van der Waals surface area contributed by atoms with Gasteiger partial charge in [0.15, 0.2) is 0 Å². The Morgan fingerprint density at radius 3 is 1.59 bits per heavy atom. The number of benzene rings is 9. The minimum Gasteiger partial charge on any atom is -0.312 e. The van der Waals surface area contributed by atoms with Crippen molar-refractivity contribution in [2.75, 3.05) is 6.26 Å². The molecular formula is C72H62N2S. The molecule has 2 aromatic heterocycles. The second kappa shape index (κ2) is 21.6. The average molecular weight is 987 g/mol. The number of rotatable bonds is 6. The summed E-state index contributed by atoms with van der Waals surface area (Å²) in [6, 6.07) is 75.3. The normalized spacial score (nSPS) is 12.8. The maximum atomic E-state index is 3.72. The van der Waals surface area contributed by atoms with Crippen LogP contribution in [0.4, 0.5) is 0 Å². The highest BCUT2D eigenvalue weighted by Gasteiger charge is 2.28. The average Bonchev–Trinajstić information content (AvgIpc) is 4.11. The fraction of sp³-hybridized carbons (Fsp3) is 0.111. The van der Waals surface area contributed by atoms with Crippen molar-refractivity contribution in [1.82, 2.24) is 9.13 Å². The molecule has 0 atom stereocenters. The molecule has 0 aliphatic heterocycles. The largest absolute Gasteiger partial charge is 0.312 e. The van der Waals surface area contributed by atoms with Gasteiger partial charge in [0, 0.05) is 38.5 Å². The van der Waals surface area contributed by atoms with Gasteiger partial charge in [0.25, 0.3) is 0 Å². The lowest BCUT2D eigenvalue weighted by molar-refractivity contribution is 0.892. The van der Waals surface area contributed by atoms with E-state index in [1.807, 2.05) is 43.3 Å². The van der Waals surface area contributed by atoms with Crippen LogP contribution in [0.15, 0.2) is 248 Å². The number of para-hydroxylation sites is 1. The van der Waals surface area contributed by atoms with Crippen LogP contribution in [0.25, 0.3) is 105 Å². The van der Waals surface area contributed by atoms with Crippen LogP contribution in [-0.4, -0.2) is 15.4 Å². The summed E-state index contributed by atoms with van der Waals surface area (Å²) in [5, 5.41) is 6.57. The van der Waals surface area contributed by atoms with E-state index in [1.165, 1.54) is 122 Å². The van der Waals surface area contributed by atoms with Crippen molar-refractivity contribution in [3.8, 4) is 44.8 Å². The van der Waals surface area contributed by atoms with Crippen molar-refractivity contribution < 1.29 is 0 Å². The van der Waals surface area contributed by atoms with Gasteiger partial charge in [-0.25, -0.2) is 0 Å². The summed E-state index contributed by atoms with van der Waals surface area (Å²) >= 11 is 3.53. The van der Waals surface area contributed by atoms with Gasteiger partial charge >= 0.3 is 0 Å². The van der Waals surface area contributed by atoms with Crippen molar-refractivity contribution in [2.45, 2.75) is 46.5 Å². The van der Waals surface area contributed by atoms with Gasteiger partial charge in [0.1, 0.15) is 0 Å². The van der Waals surface area contributed by atoms with Crippen LogP contribution in [0, 0.1) is 0 Å². The van der Waals surface area contributed by atoms with Crippen LogP contribution in [0.2, 0.25) is 0 Å². The van der Waals surface area contributed by atoms with E-state index in [9.17, 15) is 0 Å². The lowest BCUT2D eigenvalue weighted by atomic mass is 9.96. The Balaban J connectivity index is 0.000000353. The number of thiol groups is 1.